The summed E-state index contributed by atoms with van der Waals surface area (Å²) in [5, 5.41) is 5.62. The Morgan fingerprint density at radius 1 is 0.897 bits per heavy atom. The lowest BCUT2D eigenvalue weighted by molar-refractivity contribution is 0.101. The summed E-state index contributed by atoms with van der Waals surface area (Å²) in [4.78, 5) is 23.9. The first-order chi connectivity index (χ1) is 14.0. The van der Waals surface area contributed by atoms with E-state index in [1.807, 2.05) is 36.4 Å². The van der Waals surface area contributed by atoms with Crippen molar-refractivity contribution in [3.8, 4) is 0 Å². The molecule has 3 rings (SSSR count). The smallest absolute Gasteiger partial charge is 0.319 e. The van der Waals surface area contributed by atoms with Gasteiger partial charge in [-0.05, 0) is 42.7 Å². The van der Waals surface area contributed by atoms with Crippen molar-refractivity contribution >= 4 is 23.2 Å². The summed E-state index contributed by atoms with van der Waals surface area (Å²) in [5.74, 6) is 0.103. The number of anilines is 2. The van der Waals surface area contributed by atoms with Gasteiger partial charge in [-0.1, -0.05) is 60.7 Å². The average Bonchev–Trinajstić information content (AvgIpc) is 2.74. The lowest BCUT2D eigenvalue weighted by Crippen LogP contribution is -2.30. The second kappa shape index (κ2) is 9.55. The molecule has 0 atom stereocenters. The van der Waals surface area contributed by atoms with Crippen molar-refractivity contribution in [2.75, 3.05) is 17.6 Å². The van der Waals surface area contributed by atoms with Crippen LogP contribution in [0.1, 0.15) is 40.7 Å². The molecule has 2 amide bonds. The Bertz CT molecular complexity index is 932. The van der Waals surface area contributed by atoms with Crippen molar-refractivity contribution in [2.45, 2.75) is 19.3 Å². The number of rotatable bonds is 7. The van der Waals surface area contributed by atoms with Gasteiger partial charge in [0.15, 0.2) is 5.78 Å². The molecule has 0 bridgehead atoms. The molecule has 0 radical (unpaired) electrons. The summed E-state index contributed by atoms with van der Waals surface area (Å²) in [6, 6.07) is 25.0. The van der Waals surface area contributed by atoms with Gasteiger partial charge in [0, 0.05) is 18.0 Å². The van der Waals surface area contributed by atoms with Crippen molar-refractivity contribution in [1.82, 2.24) is 5.32 Å². The third-order valence-corrected chi connectivity index (χ3v) is 4.83. The molecule has 0 saturated carbocycles. The number of carbonyl (C=O) groups is 2. The van der Waals surface area contributed by atoms with E-state index in [9.17, 15) is 9.59 Å². The zero-order chi connectivity index (χ0) is 20.6. The van der Waals surface area contributed by atoms with E-state index in [-0.39, 0.29) is 17.7 Å². The van der Waals surface area contributed by atoms with Gasteiger partial charge in [0.2, 0.25) is 0 Å². The summed E-state index contributed by atoms with van der Waals surface area (Å²) in [6.45, 7) is 1.97. The van der Waals surface area contributed by atoms with Gasteiger partial charge in [0.05, 0.1) is 11.4 Å². The highest BCUT2D eigenvalue weighted by molar-refractivity contribution is 5.99. The minimum atomic E-state index is -0.350. The first-order valence-electron chi connectivity index (χ1n) is 9.60. The lowest BCUT2D eigenvalue weighted by Gasteiger charge is -2.19. The van der Waals surface area contributed by atoms with E-state index in [1.54, 1.807) is 18.2 Å². The Hall–Kier alpha value is -3.60. The third-order valence-electron chi connectivity index (χ3n) is 4.83. The van der Waals surface area contributed by atoms with Gasteiger partial charge >= 0.3 is 6.03 Å². The molecule has 0 fully saturated rings. The Balaban J connectivity index is 1.63. The SMILES string of the molecule is CC(=O)c1ccc(N)c(NC(=O)NCCC(c2ccccc2)c2ccccc2)c1. The second-order valence-corrected chi connectivity index (χ2v) is 6.90. The number of benzene rings is 3. The summed E-state index contributed by atoms with van der Waals surface area (Å²) in [6.07, 6.45) is 0.754. The number of nitrogens with two attached hydrogens (primary N) is 1. The van der Waals surface area contributed by atoms with Crippen LogP contribution in [0.25, 0.3) is 0 Å². The molecule has 0 heterocycles. The van der Waals surface area contributed by atoms with E-state index < -0.39 is 0 Å². The highest BCUT2D eigenvalue weighted by atomic mass is 16.2. The first kappa shape index (κ1) is 20.1. The third kappa shape index (κ3) is 5.45. The number of carbonyl (C=O) groups excluding carboxylic acids is 2. The molecule has 148 valence electrons. The minimum absolute atomic E-state index is 0.0815. The predicted octanol–water partition coefficient (Wildman–Crippen LogP) is 4.82. The molecule has 0 unspecified atom stereocenters. The maximum atomic E-state index is 12.3. The number of hydrogen-bond donors (Lipinski definition) is 3. The fourth-order valence-electron chi connectivity index (χ4n) is 3.28. The summed E-state index contributed by atoms with van der Waals surface area (Å²) in [5.41, 5.74) is 9.67. The van der Waals surface area contributed by atoms with E-state index >= 15 is 0 Å². The molecule has 29 heavy (non-hydrogen) atoms. The van der Waals surface area contributed by atoms with Gasteiger partial charge < -0.3 is 16.4 Å². The number of hydrogen-bond acceptors (Lipinski definition) is 3. The molecule has 0 aromatic heterocycles. The number of amides is 2. The van der Waals surface area contributed by atoms with Crippen LogP contribution in [0, 0.1) is 0 Å². The van der Waals surface area contributed by atoms with Gasteiger partial charge in [-0.15, -0.1) is 0 Å². The molecule has 0 aliphatic rings. The average molecular weight is 387 g/mol. The molecular formula is C24H25N3O2. The molecular weight excluding hydrogens is 362 g/mol. The fraction of sp³-hybridized carbons (Fsp3) is 0.167. The van der Waals surface area contributed by atoms with Crippen molar-refractivity contribution in [1.29, 1.82) is 0 Å². The Labute approximate surface area is 170 Å². The Morgan fingerprint density at radius 3 is 2.03 bits per heavy atom. The molecule has 0 spiro atoms. The van der Waals surface area contributed by atoms with Crippen molar-refractivity contribution in [3.63, 3.8) is 0 Å². The van der Waals surface area contributed by atoms with E-state index in [0.717, 1.165) is 6.42 Å². The van der Waals surface area contributed by atoms with E-state index in [1.165, 1.54) is 18.1 Å². The normalized spacial score (nSPS) is 10.6. The van der Waals surface area contributed by atoms with Crippen LogP contribution in [-0.4, -0.2) is 18.4 Å². The molecule has 5 heteroatoms. The first-order valence-corrected chi connectivity index (χ1v) is 9.60. The quantitative estimate of drug-likeness (QED) is 0.402. The number of ketones is 1. The number of nitrogen functional groups attached to an aromatic ring is 1. The highest BCUT2D eigenvalue weighted by Gasteiger charge is 2.14. The Morgan fingerprint density at radius 2 is 1.48 bits per heavy atom. The van der Waals surface area contributed by atoms with Crippen LogP contribution in [-0.2, 0) is 0 Å². The predicted molar refractivity (Wildman–Crippen MR) is 117 cm³/mol. The topological polar surface area (TPSA) is 84.2 Å². The van der Waals surface area contributed by atoms with E-state index in [2.05, 4.69) is 34.9 Å². The molecule has 3 aromatic carbocycles. The van der Waals surface area contributed by atoms with Gasteiger partial charge in [0.1, 0.15) is 0 Å². The molecule has 0 aliphatic heterocycles. The van der Waals surface area contributed by atoms with Crippen molar-refractivity contribution in [3.05, 3.63) is 95.6 Å². The van der Waals surface area contributed by atoms with Gasteiger partial charge in [0.25, 0.3) is 0 Å². The largest absolute Gasteiger partial charge is 0.397 e. The second-order valence-electron chi connectivity index (χ2n) is 6.90. The van der Waals surface area contributed by atoms with Crippen LogP contribution in [0.2, 0.25) is 0 Å². The standard InChI is InChI=1S/C24H25N3O2/c1-17(28)20-12-13-22(25)23(16-20)27-24(29)26-15-14-21(18-8-4-2-5-9-18)19-10-6-3-7-11-19/h2-13,16,21H,14-15,25H2,1H3,(H2,26,27,29). The van der Waals surface area contributed by atoms with Gasteiger partial charge in [-0.2, -0.15) is 0 Å². The maximum Gasteiger partial charge on any atom is 0.319 e. The van der Waals surface area contributed by atoms with E-state index in [0.29, 0.717) is 23.5 Å². The zero-order valence-corrected chi connectivity index (χ0v) is 16.4. The minimum Gasteiger partial charge on any atom is -0.397 e. The molecule has 0 saturated heterocycles. The van der Waals surface area contributed by atoms with Gasteiger partial charge in [-0.25, -0.2) is 4.79 Å². The zero-order valence-electron chi connectivity index (χ0n) is 16.4. The van der Waals surface area contributed by atoms with Crippen molar-refractivity contribution < 1.29 is 9.59 Å². The summed E-state index contributed by atoms with van der Waals surface area (Å²) < 4.78 is 0. The van der Waals surface area contributed by atoms with E-state index in [4.69, 9.17) is 5.73 Å². The molecule has 4 N–H and O–H groups in total. The van der Waals surface area contributed by atoms with Crippen molar-refractivity contribution in [2.24, 2.45) is 0 Å². The van der Waals surface area contributed by atoms with Gasteiger partial charge in [-0.3, -0.25) is 4.79 Å². The number of urea groups is 1. The molecule has 0 aliphatic carbocycles. The summed E-state index contributed by atoms with van der Waals surface area (Å²) >= 11 is 0. The number of nitrogens with one attached hydrogen (secondary N) is 2. The molecule has 3 aromatic rings. The lowest BCUT2D eigenvalue weighted by atomic mass is 9.88. The van der Waals surface area contributed by atoms with Crippen LogP contribution in [0.15, 0.2) is 78.9 Å². The highest BCUT2D eigenvalue weighted by Crippen LogP contribution is 2.27. The Kier molecular flexibility index (Phi) is 6.63. The summed E-state index contributed by atoms with van der Waals surface area (Å²) in [7, 11) is 0. The fourth-order valence-corrected chi connectivity index (χ4v) is 3.28. The molecule has 5 nitrogen and oxygen atoms in total. The van der Waals surface area contributed by atoms with Crippen LogP contribution in [0.5, 0.6) is 0 Å². The number of Topliss-reactive ketones (excluding diaryl/α,β-unsaturated/α-hetero) is 1. The monoisotopic (exact) mass is 387 g/mol. The maximum absolute atomic E-state index is 12.3. The van der Waals surface area contributed by atoms with Crippen LogP contribution in [0.3, 0.4) is 0 Å². The van der Waals surface area contributed by atoms with Crippen LogP contribution >= 0.6 is 0 Å². The van der Waals surface area contributed by atoms with Crippen LogP contribution < -0.4 is 16.4 Å². The van der Waals surface area contributed by atoms with Crippen LogP contribution in [0.4, 0.5) is 16.2 Å².